The number of carbonyl (C=O) groups excluding carboxylic acids is 1. The van der Waals surface area contributed by atoms with Crippen molar-refractivity contribution in [2.24, 2.45) is 0 Å². The fraction of sp³-hybridized carbons (Fsp3) is 0.500. The van der Waals surface area contributed by atoms with Crippen molar-refractivity contribution >= 4 is 21.9 Å². The van der Waals surface area contributed by atoms with Crippen LogP contribution in [0.5, 0.6) is 0 Å². The van der Waals surface area contributed by atoms with Crippen LogP contribution < -0.4 is 0 Å². The highest BCUT2D eigenvalue weighted by atomic mass is 79.9. The van der Waals surface area contributed by atoms with Crippen molar-refractivity contribution in [1.29, 1.82) is 0 Å². The van der Waals surface area contributed by atoms with Gasteiger partial charge in [-0.1, -0.05) is 46.3 Å². The molecular weight excluding hydrogens is 294 g/mol. The molecule has 4 heteroatoms. The van der Waals surface area contributed by atoms with Gasteiger partial charge in [-0.2, -0.15) is 0 Å². The number of halogens is 1. The van der Waals surface area contributed by atoms with Gasteiger partial charge in [0.15, 0.2) is 0 Å². The van der Waals surface area contributed by atoms with E-state index in [4.69, 9.17) is 4.74 Å². The van der Waals surface area contributed by atoms with Gasteiger partial charge in [0.25, 0.3) is 0 Å². The van der Waals surface area contributed by atoms with E-state index in [2.05, 4.69) is 15.9 Å². The van der Waals surface area contributed by atoms with Crippen LogP contribution in [0.15, 0.2) is 30.3 Å². The van der Waals surface area contributed by atoms with E-state index >= 15 is 0 Å². The third-order valence-corrected chi connectivity index (χ3v) is 3.32. The SMILES string of the molecule is C[C@H](Br)C(=O)O[C@@H](c1ccccc1)[C@H](C)N(C)C. The molecule has 0 N–H and O–H groups in total. The molecule has 18 heavy (non-hydrogen) atoms. The first-order valence-corrected chi connectivity index (χ1v) is 6.91. The van der Waals surface area contributed by atoms with Crippen LogP contribution in [0.3, 0.4) is 0 Å². The second-order valence-electron chi connectivity index (χ2n) is 4.59. The van der Waals surface area contributed by atoms with Gasteiger partial charge in [-0.15, -0.1) is 0 Å². The summed E-state index contributed by atoms with van der Waals surface area (Å²) in [6.45, 7) is 3.81. The summed E-state index contributed by atoms with van der Waals surface area (Å²) in [5.74, 6) is -0.238. The highest BCUT2D eigenvalue weighted by Crippen LogP contribution is 2.25. The number of carbonyl (C=O) groups is 1. The van der Waals surface area contributed by atoms with E-state index in [-0.39, 0.29) is 22.9 Å². The van der Waals surface area contributed by atoms with Gasteiger partial charge in [0.05, 0.1) is 0 Å². The molecule has 0 unspecified atom stereocenters. The van der Waals surface area contributed by atoms with Gasteiger partial charge < -0.3 is 9.64 Å². The molecule has 0 aromatic heterocycles. The normalized spacial score (nSPS) is 16.1. The van der Waals surface area contributed by atoms with Crippen molar-refractivity contribution in [2.75, 3.05) is 14.1 Å². The van der Waals surface area contributed by atoms with E-state index in [9.17, 15) is 4.79 Å². The Morgan fingerprint density at radius 2 is 1.78 bits per heavy atom. The largest absolute Gasteiger partial charge is 0.455 e. The van der Waals surface area contributed by atoms with Crippen LogP contribution in [0.4, 0.5) is 0 Å². The standard InChI is InChI=1S/C14H20BrNO2/c1-10(15)14(17)18-13(11(2)16(3)4)12-8-6-5-7-9-12/h5-11,13H,1-4H3/t10-,11-,13+/m0/s1. The Hall–Kier alpha value is -0.870. The first-order chi connectivity index (χ1) is 8.43. The van der Waals surface area contributed by atoms with E-state index in [1.807, 2.05) is 56.3 Å². The molecule has 3 atom stereocenters. The van der Waals surface area contributed by atoms with Gasteiger partial charge in [-0.3, -0.25) is 4.79 Å². The molecular formula is C14H20BrNO2. The molecule has 1 rings (SSSR count). The van der Waals surface area contributed by atoms with Gasteiger partial charge in [-0.05, 0) is 33.5 Å². The van der Waals surface area contributed by atoms with Crippen LogP contribution in [0.25, 0.3) is 0 Å². The van der Waals surface area contributed by atoms with Gasteiger partial charge in [-0.25, -0.2) is 0 Å². The van der Waals surface area contributed by atoms with E-state index < -0.39 is 0 Å². The average molecular weight is 314 g/mol. The molecule has 0 fully saturated rings. The second kappa shape index (κ2) is 6.90. The molecule has 0 aliphatic carbocycles. The topological polar surface area (TPSA) is 29.5 Å². The summed E-state index contributed by atoms with van der Waals surface area (Å²) in [7, 11) is 3.96. The number of rotatable bonds is 5. The van der Waals surface area contributed by atoms with E-state index in [1.54, 1.807) is 6.92 Å². The fourth-order valence-corrected chi connectivity index (χ4v) is 1.69. The maximum Gasteiger partial charge on any atom is 0.320 e. The number of nitrogens with zero attached hydrogens (tertiary/aromatic N) is 1. The lowest BCUT2D eigenvalue weighted by atomic mass is 10.0. The number of alkyl halides is 1. The molecule has 0 aliphatic rings. The van der Waals surface area contributed by atoms with Crippen LogP contribution in [0.2, 0.25) is 0 Å². The second-order valence-corrected chi connectivity index (χ2v) is 5.96. The predicted molar refractivity (Wildman–Crippen MR) is 76.8 cm³/mol. The van der Waals surface area contributed by atoms with Crippen molar-refractivity contribution in [3.05, 3.63) is 35.9 Å². The van der Waals surface area contributed by atoms with E-state index in [1.165, 1.54) is 0 Å². The monoisotopic (exact) mass is 313 g/mol. The minimum Gasteiger partial charge on any atom is -0.455 e. The Kier molecular flexibility index (Phi) is 5.82. The molecule has 0 bridgehead atoms. The number of likely N-dealkylation sites (N-methyl/N-ethyl adjacent to an activating group) is 1. The third-order valence-electron chi connectivity index (χ3n) is 2.95. The van der Waals surface area contributed by atoms with Crippen molar-refractivity contribution < 1.29 is 9.53 Å². The lowest BCUT2D eigenvalue weighted by molar-refractivity contribution is -0.151. The zero-order chi connectivity index (χ0) is 13.7. The highest BCUT2D eigenvalue weighted by molar-refractivity contribution is 9.10. The Morgan fingerprint density at radius 3 is 2.22 bits per heavy atom. The Balaban J connectivity index is 2.93. The van der Waals surface area contributed by atoms with Gasteiger partial charge in [0.1, 0.15) is 10.9 Å². The minimum absolute atomic E-state index is 0.114. The molecule has 0 aliphatic heterocycles. The highest BCUT2D eigenvalue weighted by Gasteiger charge is 2.26. The maximum absolute atomic E-state index is 11.8. The molecule has 100 valence electrons. The zero-order valence-electron chi connectivity index (χ0n) is 11.3. The number of hydrogen-bond acceptors (Lipinski definition) is 3. The van der Waals surface area contributed by atoms with E-state index in [0.29, 0.717) is 0 Å². The summed E-state index contributed by atoms with van der Waals surface area (Å²) < 4.78 is 5.59. The van der Waals surface area contributed by atoms with Crippen LogP contribution in [-0.2, 0) is 9.53 Å². The molecule has 0 radical (unpaired) electrons. The number of ether oxygens (including phenoxy) is 1. The summed E-state index contributed by atoms with van der Waals surface area (Å²) in [6.07, 6.45) is -0.256. The summed E-state index contributed by atoms with van der Waals surface area (Å²) in [5.41, 5.74) is 1.01. The predicted octanol–water partition coefficient (Wildman–Crippen LogP) is 3.00. The molecule has 0 amide bonds. The third kappa shape index (κ3) is 4.10. The Morgan fingerprint density at radius 1 is 1.22 bits per heavy atom. The van der Waals surface area contributed by atoms with Crippen molar-refractivity contribution in [1.82, 2.24) is 4.90 Å². The zero-order valence-corrected chi connectivity index (χ0v) is 12.8. The summed E-state index contributed by atoms with van der Waals surface area (Å²) in [6, 6.07) is 9.94. The van der Waals surface area contributed by atoms with Gasteiger partial charge >= 0.3 is 5.97 Å². The molecule has 3 nitrogen and oxygen atoms in total. The first kappa shape index (κ1) is 15.2. The maximum atomic E-state index is 11.8. The molecule has 0 spiro atoms. The first-order valence-electron chi connectivity index (χ1n) is 5.99. The van der Waals surface area contributed by atoms with Crippen LogP contribution in [-0.4, -0.2) is 35.8 Å². The van der Waals surface area contributed by atoms with Crippen molar-refractivity contribution in [3.63, 3.8) is 0 Å². The van der Waals surface area contributed by atoms with Crippen LogP contribution in [0.1, 0.15) is 25.5 Å². The number of benzene rings is 1. The number of esters is 1. The Bertz CT molecular complexity index is 379. The van der Waals surface area contributed by atoms with E-state index in [0.717, 1.165) is 5.56 Å². The van der Waals surface area contributed by atoms with Gasteiger partial charge in [0, 0.05) is 6.04 Å². The molecule has 1 aromatic rings. The van der Waals surface area contributed by atoms with Crippen LogP contribution >= 0.6 is 15.9 Å². The summed E-state index contributed by atoms with van der Waals surface area (Å²) >= 11 is 3.24. The smallest absolute Gasteiger partial charge is 0.320 e. The summed E-state index contributed by atoms with van der Waals surface area (Å²) in [5, 5.41) is 0. The lowest BCUT2D eigenvalue weighted by Gasteiger charge is -2.29. The molecule has 0 saturated heterocycles. The molecule has 1 aromatic carbocycles. The quantitative estimate of drug-likeness (QED) is 0.618. The van der Waals surface area contributed by atoms with Gasteiger partial charge in [0.2, 0.25) is 0 Å². The van der Waals surface area contributed by atoms with Crippen LogP contribution in [0, 0.1) is 0 Å². The van der Waals surface area contributed by atoms with Crippen molar-refractivity contribution in [2.45, 2.75) is 30.8 Å². The molecule has 0 heterocycles. The number of hydrogen-bond donors (Lipinski definition) is 0. The average Bonchev–Trinajstić information content (AvgIpc) is 2.35. The lowest BCUT2D eigenvalue weighted by Crippen LogP contribution is -2.34. The summed E-state index contributed by atoms with van der Waals surface area (Å²) in [4.78, 5) is 13.5. The minimum atomic E-state index is -0.293. The Labute approximate surface area is 117 Å². The fourth-order valence-electron chi connectivity index (χ4n) is 1.58. The van der Waals surface area contributed by atoms with Crippen molar-refractivity contribution in [3.8, 4) is 0 Å². The molecule has 0 saturated carbocycles.